The third-order valence-electron chi connectivity index (χ3n) is 2.63. The van der Waals surface area contributed by atoms with Crippen molar-refractivity contribution in [2.75, 3.05) is 24.6 Å². The Bertz CT molecular complexity index is 269. The van der Waals surface area contributed by atoms with Crippen molar-refractivity contribution in [1.29, 1.82) is 0 Å². The Hall–Kier alpha value is -0.950. The van der Waals surface area contributed by atoms with E-state index in [1.807, 2.05) is 11.8 Å². The van der Waals surface area contributed by atoms with Crippen LogP contribution in [-0.2, 0) is 4.79 Å². The van der Waals surface area contributed by atoms with Gasteiger partial charge < -0.3 is 20.8 Å². The Labute approximate surface area is 104 Å². The zero-order valence-corrected chi connectivity index (χ0v) is 10.3. The van der Waals surface area contributed by atoms with E-state index >= 15 is 0 Å². The van der Waals surface area contributed by atoms with E-state index < -0.39 is 18.1 Å². The molecule has 7 heteroatoms. The van der Waals surface area contributed by atoms with Crippen LogP contribution >= 0.6 is 11.8 Å². The van der Waals surface area contributed by atoms with Gasteiger partial charge >= 0.3 is 12.0 Å². The van der Waals surface area contributed by atoms with E-state index in [1.54, 1.807) is 0 Å². The van der Waals surface area contributed by atoms with Gasteiger partial charge in [0, 0.05) is 6.54 Å². The minimum absolute atomic E-state index is 0.276. The van der Waals surface area contributed by atoms with Crippen molar-refractivity contribution < 1.29 is 19.8 Å². The number of carboxylic acids is 1. The summed E-state index contributed by atoms with van der Waals surface area (Å²) >= 11 is 1.92. The number of carboxylic acid groups (broad SMARTS) is 1. The monoisotopic (exact) mass is 262 g/mol. The molecule has 2 amide bonds. The third kappa shape index (κ3) is 5.78. The SMILES string of the molecule is O=C(NCC1CCSCC1)NC[C@H](O)C(=O)O. The normalized spacial score (nSPS) is 18.4. The fourth-order valence-corrected chi connectivity index (χ4v) is 2.73. The van der Waals surface area contributed by atoms with Gasteiger partial charge in [0.25, 0.3) is 0 Å². The molecule has 1 aliphatic rings. The number of aliphatic carboxylic acids is 1. The lowest BCUT2D eigenvalue weighted by Gasteiger charge is -2.21. The van der Waals surface area contributed by atoms with Crippen LogP contribution in [0.5, 0.6) is 0 Å². The maximum absolute atomic E-state index is 11.3. The van der Waals surface area contributed by atoms with E-state index in [4.69, 9.17) is 10.2 Å². The molecule has 98 valence electrons. The second-order valence-corrected chi connectivity index (χ2v) is 5.23. The van der Waals surface area contributed by atoms with Gasteiger partial charge in [0.15, 0.2) is 6.10 Å². The predicted octanol–water partition coefficient (Wildman–Crippen LogP) is -0.126. The van der Waals surface area contributed by atoms with E-state index in [1.165, 1.54) is 0 Å². The Morgan fingerprint density at radius 1 is 1.29 bits per heavy atom. The number of carbonyl (C=O) groups is 2. The summed E-state index contributed by atoms with van der Waals surface area (Å²) in [7, 11) is 0. The highest BCUT2D eigenvalue weighted by Gasteiger charge is 2.16. The molecule has 1 atom stereocenters. The average molecular weight is 262 g/mol. The summed E-state index contributed by atoms with van der Waals surface area (Å²) in [5.74, 6) is 1.43. The molecule has 0 spiro atoms. The maximum atomic E-state index is 11.3. The fraction of sp³-hybridized carbons (Fsp3) is 0.800. The van der Waals surface area contributed by atoms with Crippen LogP contribution in [0.15, 0.2) is 0 Å². The number of nitrogens with one attached hydrogen (secondary N) is 2. The van der Waals surface area contributed by atoms with Crippen LogP contribution < -0.4 is 10.6 Å². The second-order valence-electron chi connectivity index (χ2n) is 4.00. The molecule has 17 heavy (non-hydrogen) atoms. The van der Waals surface area contributed by atoms with Crippen molar-refractivity contribution in [3.63, 3.8) is 0 Å². The van der Waals surface area contributed by atoms with Crippen molar-refractivity contribution in [2.45, 2.75) is 18.9 Å². The summed E-state index contributed by atoms with van der Waals surface area (Å²) in [5.41, 5.74) is 0. The molecule has 0 aromatic carbocycles. The standard InChI is InChI=1S/C10H18N2O4S/c13-8(9(14)15)6-12-10(16)11-5-7-1-3-17-4-2-7/h7-8,13H,1-6H2,(H,14,15)(H2,11,12,16)/t8-/m0/s1. The molecule has 0 aliphatic carbocycles. The van der Waals surface area contributed by atoms with Gasteiger partial charge in [-0.25, -0.2) is 9.59 Å². The minimum Gasteiger partial charge on any atom is -0.479 e. The fourth-order valence-electron chi connectivity index (χ4n) is 1.53. The van der Waals surface area contributed by atoms with Crippen molar-refractivity contribution in [1.82, 2.24) is 10.6 Å². The van der Waals surface area contributed by atoms with Crippen molar-refractivity contribution >= 4 is 23.8 Å². The van der Waals surface area contributed by atoms with Gasteiger partial charge in [-0.05, 0) is 30.3 Å². The van der Waals surface area contributed by atoms with Gasteiger partial charge in [0.2, 0.25) is 0 Å². The van der Waals surface area contributed by atoms with Crippen LogP contribution in [0.2, 0.25) is 0 Å². The summed E-state index contributed by atoms with van der Waals surface area (Å²) in [6.45, 7) is 0.331. The Morgan fingerprint density at radius 3 is 2.53 bits per heavy atom. The largest absolute Gasteiger partial charge is 0.479 e. The number of hydrogen-bond acceptors (Lipinski definition) is 4. The van der Waals surface area contributed by atoms with Gasteiger partial charge in [-0.15, -0.1) is 0 Å². The van der Waals surface area contributed by atoms with Crippen molar-refractivity contribution in [3.8, 4) is 0 Å². The summed E-state index contributed by atoms with van der Waals surface area (Å²) in [4.78, 5) is 21.6. The second kappa shape index (κ2) is 7.39. The van der Waals surface area contributed by atoms with E-state index in [0.717, 1.165) is 24.3 Å². The van der Waals surface area contributed by atoms with Crippen molar-refractivity contribution in [2.24, 2.45) is 5.92 Å². The summed E-state index contributed by atoms with van der Waals surface area (Å²) in [5, 5.41) is 22.4. The molecule has 0 aromatic heterocycles. The number of hydrogen-bond donors (Lipinski definition) is 4. The molecule has 1 heterocycles. The van der Waals surface area contributed by atoms with Crippen LogP contribution in [0.1, 0.15) is 12.8 Å². The molecule has 6 nitrogen and oxygen atoms in total. The molecule has 1 saturated heterocycles. The molecule has 0 bridgehead atoms. The van der Waals surface area contributed by atoms with Gasteiger partial charge in [0.1, 0.15) is 0 Å². The van der Waals surface area contributed by atoms with Crippen LogP contribution in [0.4, 0.5) is 4.79 Å². The lowest BCUT2D eigenvalue weighted by atomic mass is 10.0. The number of aliphatic hydroxyl groups is 1. The molecule has 4 N–H and O–H groups in total. The Morgan fingerprint density at radius 2 is 1.94 bits per heavy atom. The van der Waals surface area contributed by atoms with E-state index in [-0.39, 0.29) is 6.54 Å². The quantitative estimate of drug-likeness (QED) is 0.553. The molecule has 1 rings (SSSR count). The highest BCUT2D eigenvalue weighted by molar-refractivity contribution is 7.99. The topological polar surface area (TPSA) is 98.7 Å². The molecule has 0 radical (unpaired) electrons. The smallest absolute Gasteiger partial charge is 0.334 e. The lowest BCUT2D eigenvalue weighted by molar-refractivity contribution is -0.146. The number of amides is 2. The van der Waals surface area contributed by atoms with Gasteiger partial charge in [-0.1, -0.05) is 0 Å². The van der Waals surface area contributed by atoms with Gasteiger partial charge in [-0.3, -0.25) is 0 Å². The Kier molecular flexibility index (Phi) is 6.13. The first-order chi connectivity index (χ1) is 8.09. The van der Waals surface area contributed by atoms with Crippen LogP contribution in [0, 0.1) is 5.92 Å². The molecule has 1 fully saturated rings. The predicted molar refractivity (Wildman–Crippen MR) is 65.1 cm³/mol. The third-order valence-corrected chi connectivity index (χ3v) is 3.68. The molecule has 0 saturated carbocycles. The molecule has 0 unspecified atom stereocenters. The lowest BCUT2D eigenvalue weighted by Crippen LogP contribution is -2.43. The zero-order valence-electron chi connectivity index (χ0n) is 9.52. The highest BCUT2D eigenvalue weighted by atomic mass is 32.2. The first-order valence-corrected chi connectivity index (χ1v) is 6.75. The Balaban J connectivity index is 2.10. The molecular weight excluding hydrogens is 244 g/mol. The van der Waals surface area contributed by atoms with E-state index in [2.05, 4.69) is 10.6 Å². The first-order valence-electron chi connectivity index (χ1n) is 5.60. The van der Waals surface area contributed by atoms with Gasteiger partial charge in [0.05, 0.1) is 6.54 Å². The zero-order chi connectivity index (χ0) is 12.7. The first kappa shape index (κ1) is 14.1. The average Bonchev–Trinajstić information content (AvgIpc) is 2.34. The van der Waals surface area contributed by atoms with Crippen LogP contribution in [-0.4, -0.2) is 52.9 Å². The van der Waals surface area contributed by atoms with Crippen LogP contribution in [0.25, 0.3) is 0 Å². The summed E-state index contributed by atoms with van der Waals surface area (Å²) in [6, 6.07) is -0.427. The molecule has 1 aliphatic heterocycles. The molecular formula is C10H18N2O4S. The minimum atomic E-state index is -1.55. The van der Waals surface area contributed by atoms with Crippen molar-refractivity contribution in [3.05, 3.63) is 0 Å². The number of thioether (sulfide) groups is 1. The number of urea groups is 1. The number of rotatable bonds is 5. The number of carbonyl (C=O) groups excluding carboxylic acids is 1. The molecule has 0 aromatic rings. The maximum Gasteiger partial charge on any atom is 0.334 e. The van der Waals surface area contributed by atoms with E-state index in [0.29, 0.717) is 12.5 Å². The summed E-state index contributed by atoms with van der Waals surface area (Å²) in [6.07, 6.45) is 0.651. The van der Waals surface area contributed by atoms with Crippen LogP contribution in [0.3, 0.4) is 0 Å². The van der Waals surface area contributed by atoms with E-state index in [9.17, 15) is 9.59 Å². The summed E-state index contributed by atoms with van der Waals surface area (Å²) < 4.78 is 0. The van der Waals surface area contributed by atoms with Gasteiger partial charge in [-0.2, -0.15) is 11.8 Å². The highest BCUT2D eigenvalue weighted by Crippen LogP contribution is 2.21. The number of aliphatic hydroxyl groups excluding tert-OH is 1.